The molecule has 0 spiro atoms. The monoisotopic (exact) mass is 370 g/mol. The molecule has 0 saturated carbocycles. The van der Waals surface area contributed by atoms with Crippen molar-refractivity contribution in [2.75, 3.05) is 6.54 Å². The SMILES string of the molecule is CCCCCCCCCC(c1ccccc1)S(=O)(=O)NCC(=O)NO. The van der Waals surface area contributed by atoms with Crippen LogP contribution in [0.4, 0.5) is 0 Å². The maximum atomic E-state index is 12.6. The summed E-state index contributed by atoms with van der Waals surface area (Å²) < 4.78 is 27.4. The van der Waals surface area contributed by atoms with E-state index in [2.05, 4.69) is 11.6 Å². The summed E-state index contributed by atoms with van der Waals surface area (Å²) in [5.41, 5.74) is 2.14. The zero-order chi connectivity index (χ0) is 18.5. The lowest BCUT2D eigenvalue weighted by atomic mass is 10.0. The van der Waals surface area contributed by atoms with Crippen LogP contribution in [0, 0.1) is 0 Å². The molecule has 25 heavy (non-hydrogen) atoms. The fourth-order valence-corrected chi connectivity index (χ4v) is 4.29. The van der Waals surface area contributed by atoms with E-state index >= 15 is 0 Å². The molecule has 3 N–H and O–H groups in total. The van der Waals surface area contributed by atoms with E-state index in [0.29, 0.717) is 12.0 Å². The number of hydrogen-bond donors (Lipinski definition) is 3. The Balaban J connectivity index is 2.63. The Bertz CT molecular complexity index is 590. The predicted octanol–water partition coefficient (Wildman–Crippen LogP) is 3.29. The van der Waals surface area contributed by atoms with Crippen molar-refractivity contribution in [2.24, 2.45) is 0 Å². The highest BCUT2D eigenvalue weighted by Gasteiger charge is 2.27. The quantitative estimate of drug-likeness (QED) is 0.282. The van der Waals surface area contributed by atoms with Gasteiger partial charge >= 0.3 is 0 Å². The number of hydrogen-bond acceptors (Lipinski definition) is 4. The maximum Gasteiger partial charge on any atom is 0.258 e. The number of sulfonamides is 1. The van der Waals surface area contributed by atoms with Crippen molar-refractivity contribution in [1.29, 1.82) is 0 Å². The second-order valence-electron chi connectivity index (χ2n) is 6.21. The highest BCUT2D eigenvalue weighted by molar-refractivity contribution is 7.89. The van der Waals surface area contributed by atoms with Gasteiger partial charge in [0.15, 0.2) is 0 Å². The van der Waals surface area contributed by atoms with Crippen molar-refractivity contribution in [3.05, 3.63) is 35.9 Å². The fourth-order valence-electron chi connectivity index (χ4n) is 2.76. The summed E-state index contributed by atoms with van der Waals surface area (Å²) in [6.07, 6.45) is 8.31. The van der Waals surface area contributed by atoms with Crippen LogP contribution >= 0.6 is 0 Å². The van der Waals surface area contributed by atoms with E-state index in [1.165, 1.54) is 31.2 Å². The number of unbranched alkanes of at least 4 members (excludes halogenated alkanes) is 6. The van der Waals surface area contributed by atoms with Gasteiger partial charge < -0.3 is 0 Å². The van der Waals surface area contributed by atoms with Crippen molar-refractivity contribution in [1.82, 2.24) is 10.2 Å². The third-order valence-electron chi connectivity index (χ3n) is 4.17. The zero-order valence-corrected chi connectivity index (χ0v) is 15.7. The van der Waals surface area contributed by atoms with Gasteiger partial charge in [0.1, 0.15) is 5.25 Å². The molecule has 0 bridgehead atoms. The summed E-state index contributed by atoms with van der Waals surface area (Å²) in [7, 11) is -3.70. The molecule has 1 atom stereocenters. The molecule has 142 valence electrons. The van der Waals surface area contributed by atoms with E-state index in [9.17, 15) is 13.2 Å². The predicted molar refractivity (Wildman–Crippen MR) is 98.6 cm³/mol. The summed E-state index contributed by atoms with van der Waals surface area (Å²) in [5, 5.41) is 7.82. The molecule has 6 nitrogen and oxygen atoms in total. The standard InChI is InChI=1S/C18H30N2O4S/c1-2-3-4-5-6-7-11-14-17(16-12-9-8-10-13-16)25(23,24)19-15-18(21)20-22/h8-10,12-13,17,19,22H,2-7,11,14-15H2,1H3,(H,20,21). The van der Waals surface area contributed by atoms with Crippen LogP contribution in [-0.2, 0) is 14.8 Å². The Morgan fingerprint density at radius 1 is 1.04 bits per heavy atom. The summed E-state index contributed by atoms with van der Waals surface area (Å²) in [5.74, 6) is -0.786. The molecule has 1 aromatic carbocycles. The van der Waals surface area contributed by atoms with Crippen molar-refractivity contribution in [3.63, 3.8) is 0 Å². The number of carbonyl (C=O) groups is 1. The van der Waals surface area contributed by atoms with Gasteiger partial charge in [-0.15, -0.1) is 0 Å². The number of hydroxylamine groups is 1. The third-order valence-corrected chi connectivity index (χ3v) is 5.98. The van der Waals surface area contributed by atoms with E-state index in [0.717, 1.165) is 19.3 Å². The number of amides is 1. The second-order valence-corrected chi connectivity index (χ2v) is 8.16. The van der Waals surface area contributed by atoms with E-state index in [4.69, 9.17) is 5.21 Å². The lowest BCUT2D eigenvalue weighted by Gasteiger charge is -2.18. The summed E-state index contributed by atoms with van der Waals surface area (Å²) in [6, 6.07) is 9.04. The Labute approximate surface area is 151 Å². The molecular formula is C18H30N2O4S. The molecule has 0 aromatic heterocycles. The van der Waals surface area contributed by atoms with Gasteiger partial charge in [-0.3, -0.25) is 10.0 Å². The molecule has 0 fully saturated rings. The van der Waals surface area contributed by atoms with E-state index < -0.39 is 27.7 Å². The van der Waals surface area contributed by atoms with Crippen LogP contribution in [0.1, 0.15) is 69.1 Å². The Morgan fingerprint density at radius 3 is 2.24 bits per heavy atom. The molecule has 0 heterocycles. The van der Waals surface area contributed by atoms with Crippen LogP contribution in [0.25, 0.3) is 0 Å². The first-order valence-electron chi connectivity index (χ1n) is 8.97. The van der Waals surface area contributed by atoms with Gasteiger partial charge in [-0.1, -0.05) is 82.2 Å². The molecule has 0 saturated heterocycles. The fraction of sp³-hybridized carbons (Fsp3) is 0.611. The molecule has 1 rings (SSSR count). The zero-order valence-electron chi connectivity index (χ0n) is 14.9. The third kappa shape index (κ3) is 8.47. The van der Waals surface area contributed by atoms with E-state index in [1.54, 1.807) is 12.1 Å². The van der Waals surface area contributed by atoms with Crippen LogP contribution in [0.2, 0.25) is 0 Å². The lowest BCUT2D eigenvalue weighted by molar-refractivity contribution is -0.127. The molecule has 0 aliphatic heterocycles. The Kier molecular flexibility index (Phi) is 10.4. The van der Waals surface area contributed by atoms with Crippen LogP contribution in [0.3, 0.4) is 0 Å². The smallest absolute Gasteiger partial charge is 0.258 e. The van der Waals surface area contributed by atoms with Crippen LogP contribution in [0.15, 0.2) is 30.3 Å². The van der Waals surface area contributed by atoms with Gasteiger partial charge in [-0.25, -0.2) is 18.6 Å². The minimum Gasteiger partial charge on any atom is -0.289 e. The topological polar surface area (TPSA) is 95.5 Å². The molecule has 0 aliphatic carbocycles. The van der Waals surface area contributed by atoms with Gasteiger partial charge in [0.2, 0.25) is 10.0 Å². The van der Waals surface area contributed by atoms with Crippen molar-refractivity contribution < 1.29 is 18.4 Å². The molecule has 1 aromatic rings. The summed E-state index contributed by atoms with van der Waals surface area (Å²) >= 11 is 0. The molecule has 1 unspecified atom stereocenters. The molecule has 7 heteroatoms. The number of rotatable bonds is 13. The summed E-state index contributed by atoms with van der Waals surface area (Å²) in [4.78, 5) is 11.1. The first-order chi connectivity index (χ1) is 12.0. The first kappa shape index (κ1) is 21.6. The highest BCUT2D eigenvalue weighted by Crippen LogP contribution is 2.27. The summed E-state index contributed by atoms with van der Waals surface area (Å²) in [6.45, 7) is 1.71. The lowest BCUT2D eigenvalue weighted by Crippen LogP contribution is -2.37. The van der Waals surface area contributed by atoms with Gasteiger partial charge in [0, 0.05) is 0 Å². The Hall–Kier alpha value is -1.44. The normalized spacial score (nSPS) is 12.7. The number of nitrogens with one attached hydrogen (secondary N) is 2. The number of benzene rings is 1. The first-order valence-corrected chi connectivity index (χ1v) is 10.5. The molecule has 0 aliphatic rings. The average Bonchev–Trinajstić information content (AvgIpc) is 2.62. The van der Waals surface area contributed by atoms with Crippen molar-refractivity contribution >= 4 is 15.9 Å². The largest absolute Gasteiger partial charge is 0.289 e. The van der Waals surface area contributed by atoms with Crippen LogP contribution in [-0.4, -0.2) is 26.1 Å². The maximum absolute atomic E-state index is 12.6. The van der Waals surface area contributed by atoms with Gasteiger partial charge in [0.25, 0.3) is 5.91 Å². The minimum absolute atomic E-state index is 0.473. The Morgan fingerprint density at radius 2 is 1.64 bits per heavy atom. The van der Waals surface area contributed by atoms with Crippen LogP contribution < -0.4 is 10.2 Å². The second kappa shape index (κ2) is 12.0. The van der Waals surface area contributed by atoms with Gasteiger partial charge in [-0.05, 0) is 12.0 Å². The van der Waals surface area contributed by atoms with Gasteiger partial charge in [0.05, 0.1) is 6.54 Å². The minimum atomic E-state index is -3.70. The molecule has 0 radical (unpaired) electrons. The van der Waals surface area contributed by atoms with E-state index in [-0.39, 0.29) is 0 Å². The highest BCUT2D eigenvalue weighted by atomic mass is 32.2. The number of carbonyl (C=O) groups excluding carboxylic acids is 1. The molecule has 1 amide bonds. The molecular weight excluding hydrogens is 340 g/mol. The van der Waals surface area contributed by atoms with Crippen LogP contribution in [0.5, 0.6) is 0 Å². The average molecular weight is 371 g/mol. The van der Waals surface area contributed by atoms with Crippen molar-refractivity contribution in [2.45, 2.75) is 63.5 Å². The van der Waals surface area contributed by atoms with Gasteiger partial charge in [-0.2, -0.15) is 0 Å². The van der Waals surface area contributed by atoms with E-state index in [1.807, 2.05) is 18.2 Å². The van der Waals surface area contributed by atoms with Crippen molar-refractivity contribution in [3.8, 4) is 0 Å².